The second kappa shape index (κ2) is 6.69. The Morgan fingerprint density at radius 2 is 1.95 bits per heavy atom. The summed E-state index contributed by atoms with van der Waals surface area (Å²) in [4.78, 5) is 23.7. The lowest BCUT2D eigenvalue weighted by Gasteiger charge is -2.20. The van der Waals surface area contributed by atoms with E-state index in [-0.39, 0.29) is 29.6 Å². The molecule has 1 heterocycles. The minimum absolute atomic E-state index is 0.0214. The molecule has 0 saturated carbocycles. The third kappa shape index (κ3) is 5.53. The van der Waals surface area contributed by atoms with E-state index in [1.165, 1.54) is 4.68 Å². The Morgan fingerprint density at radius 1 is 1.33 bits per heavy atom. The summed E-state index contributed by atoms with van der Waals surface area (Å²) in [6.07, 6.45) is 0. The number of amides is 1. The number of hydrogen-bond donors (Lipinski definition) is 1. The molecular weight excluding hydrogens is 272 g/mol. The zero-order valence-corrected chi connectivity index (χ0v) is 13.6. The molecule has 0 aliphatic rings. The Bertz CT molecular complexity index is 515. The fraction of sp³-hybridized carbons (Fsp3) is 0.714. The first-order valence-electron chi connectivity index (χ1n) is 6.98. The van der Waals surface area contributed by atoms with Crippen LogP contribution in [0.3, 0.4) is 0 Å². The number of hydrogen-bond acceptors (Lipinski definition) is 5. The van der Waals surface area contributed by atoms with Gasteiger partial charge in [0.2, 0.25) is 5.91 Å². The van der Waals surface area contributed by atoms with Crippen LogP contribution in [0.2, 0.25) is 0 Å². The van der Waals surface area contributed by atoms with E-state index in [1.54, 1.807) is 6.92 Å². The van der Waals surface area contributed by atoms with Crippen LogP contribution in [-0.4, -0.2) is 39.0 Å². The minimum Gasteiger partial charge on any atom is -0.461 e. The van der Waals surface area contributed by atoms with E-state index in [0.717, 1.165) is 0 Å². The molecule has 0 aliphatic heterocycles. The first kappa shape index (κ1) is 17.1. The second-order valence-electron chi connectivity index (χ2n) is 6.47. The Hall–Kier alpha value is -1.92. The van der Waals surface area contributed by atoms with Crippen molar-refractivity contribution in [2.24, 2.45) is 5.92 Å². The Kier molecular flexibility index (Phi) is 5.46. The molecular formula is C14H24N4O3. The van der Waals surface area contributed by atoms with Crippen LogP contribution in [0, 0.1) is 12.8 Å². The van der Waals surface area contributed by atoms with Crippen LogP contribution >= 0.6 is 0 Å². The SMILES string of the molecule is Cc1c(C(=O)OCC(C)C)nnn1CC(=O)NC(C)(C)C. The van der Waals surface area contributed by atoms with Crippen LogP contribution in [0.1, 0.15) is 50.8 Å². The van der Waals surface area contributed by atoms with Crippen LogP contribution in [0.25, 0.3) is 0 Å². The van der Waals surface area contributed by atoms with Gasteiger partial charge in [0.05, 0.1) is 12.3 Å². The maximum atomic E-state index is 11.9. The average Bonchev–Trinajstić information content (AvgIpc) is 2.65. The summed E-state index contributed by atoms with van der Waals surface area (Å²) in [5, 5.41) is 10.5. The monoisotopic (exact) mass is 296 g/mol. The number of carbonyl (C=O) groups excluding carboxylic acids is 2. The minimum atomic E-state index is -0.510. The summed E-state index contributed by atoms with van der Waals surface area (Å²) in [5.74, 6) is -0.442. The van der Waals surface area contributed by atoms with Gasteiger partial charge in [-0.3, -0.25) is 4.79 Å². The number of nitrogens with one attached hydrogen (secondary N) is 1. The molecule has 0 saturated heterocycles. The van der Waals surface area contributed by atoms with E-state index in [2.05, 4.69) is 15.6 Å². The number of nitrogens with zero attached hydrogens (tertiary/aromatic N) is 3. The molecule has 1 N–H and O–H groups in total. The van der Waals surface area contributed by atoms with Crippen LogP contribution in [0.5, 0.6) is 0 Å². The number of rotatable bonds is 5. The van der Waals surface area contributed by atoms with Crippen molar-refractivity contribution in [1.29, 1.82) is 0 Å². The second-order valence-corrected chi connectivity index (χ2v) is 6.47. The largest absolute Gasteiger partial charge is 0.461 e. The highest BCUT2D eigenvalue weighted by Gasteiger charge is 2.20. The van der Waals surface area contributed by atoms with Crippen molar-refractivity contribution < 1.29 is 14.3 Å². The van der Waals surface area contributed by atoms with Gasteiger partial charge < -0.3 is 10.1 Å². The third-order valence-corrected chi connectivity index (χ3v) is 2.53. The van der Waals surface area contributed by atoms with Gasteiger partial charge in [0, 0.05) is 5.54 Å². The first-order chi connectivity index (χ1) is 9.60. The molecule has 0 spiro atoms. The maximum absolute atomic E-state index is 11.9. The molecule has 1 amide bonds. The molecule has 21 heavy (non-hydrogen) atoms. The molecule has 0 bridgehead atoms. The first-order valence-corrected chi connectivity index (χ1v) is 6.98. The lowest BCUT2D eigenvalue weighted by Crippen LogP contribution is -2.42. The van der Waals surface area contributed by atoms with Crippen molar-refractivity contribution >= 4 is 11.9 Å². The lowest BCUT2D eigenvalue weighted by atomic mass is 10.1. The van der Waals surface area contributed by atoms with Gasteiger partial charge in [-0.2, -0.15) is 0 Å². The average molecular weight is 296 g/mol. The molecule has 7 nitrogen and oxygen atoms in total. The molecule has 1 aromatic rings. The number of aromatic nitrogens is 3. The summed E-state index contributed by atoms with van der Waals surface area (Å²) in [5.41, 5.74) is 0.358. The quantitative estimate of drug-likeness (QED) is 0.828. The predicted molar refractivity (Wildman–Crippen MR) is 77.8 cm³/mol. The van der Waals surface area contributed by atoms with Gasteiger partial charge in [-0.1, -0.05) is 19.1 Å². The molecule has 7 heteroatoms. The lowest BCUT2D eigenvalue weighted by molar-refractivity contribution is -0.123. The zero-order valence-electron chi connectivity index (χ0n) is 13.6. The molecule has 0 aromatic carbocycles. The van der Waals surface area contributed by atoms with E-state index in [1.807, 2.05) is 34.6 Å². The predicted octanol–water partition coefficient (Wildman–Crippen LogP) is 1.31. The molecule has 0 fully saturated rings. The highest BCUT2D eigenvalue weighted by Crippen LogP contribution is 2.07. The van der Waals surface area contributed by atoms with Gasteiger partial charge in [0.15, 0.2) is 5.69 Å². The van der Waals surface area contributed by atoms with E-state index in [4.69, 9.17) is 4.74 Å². The van der Waals surface area contributed by atoms with Crippen LogP contribution in [-0.2, 0) is 16.1 Å². The van der Waals surface area contributed by atoms with Gasteiger partial charge in [-0.05, 0) is 33.6 Å². The topological polar surface area (TPSA) is 86.1 Å². The van der Waals surface area contributed by atoms with Gasteiger partial charge >= 0.3 is 5.97 Å². The summed E-state index contributed by atoms with van der Waals surface area (Å²) in [6, 6.07) is 0. The summed E-state index contributed by atoms with van der Waals surface area (Å²) >= 11 is 0. The molecule has 1 rings (SSSR count). The Labute approximate surface area is 125 Å². The Balaban J connectivity index is 2.71. The van der Waals surface area contributed by atoms with Crippen molar-refractivity contribution in [3.8, 4) is 0 Å². The van der Waals surface area contributed by atoms with Crippen molar-refractivity contribution in [2.75, 3.05) is 6.61 Å². The molecule has 118 valence electrons. The molecule has 0 unspecified atom stereocenters. The summed E-state index contributed by atoms with van der Waals surface area (Å²) in [7, 11) is 0. The molecule has 0 atom stereocenters. The molecule has 1 aromatic heterocycles. The van der Waals surface area contributed by atoms with Crippen molar-refractivity contribution in [2.45, 2.75) is 53.6 Å². The van der Waals surface area contributed by atoms with Crippen molar-refractivity contribution in [3.63, 3.8) is 0 Å². The highest BCUT2D eigenvalue weighted by molar-refractivity contribution is 5.88. The van der Waals surface area contributed by atoms with Gasteiger partial charge in [-0.25, -0.2) is 9.48 Å². The summed E-state index contributed by atoms with van der Waals surface area (Å²) in [6.45, 7) is 11.6. The molecule has 0 radical (unpaired) electrons. The van der Waals surface area contributed by atoms with Gasteiger partial charge in [-0.15, -0.1) is 5.10 Å². The Morgan fingerprint density at radius 3 is 2.48 bits per heavy atom. The van der Waals surface area contributed by atoms with E-state index in [0.29, 0.717) is 12.3 Å². The maximum Gasteiger partial charge on any atom is 0.360 e. The highest BCUT2D eigenvalue weighted by atomic mass is 16.5. The fourth-order valence-corrected chi connectivity index (χ4v) is 1.60. The summed E-state index contributed by atoms with van der Waals surface area (Å²) < 4.78 is 6.51. The number of esters is 1. The number of carbonyl (C=O) groups is 2. The van der Waals surface area contributed by atoms with E-state index >= 15 is 0 Å². The van der Waals surface area contributed by atoms with E-state index in [9.17, 15) is 9.59 Å². The van der Waals surface area contributed by atoms with Gasteiger partial charge in [0.25, 0.3) is 0 Å². The normalized spacial score (nSPS) is 11.6. The molecule has 0 aliphatic carbocycles. The standard InChI is InChI=1S/C14H24N4O3/c1-9(2)8-21-13(20)12-10(3)18(17-16-12)7-11(19)15-14(4,5)6/h9H,7-8H2,1-6H3,(H,15,19). The smallest absolute Gasteiger partial charge is 0.360 e. The van der Waals surface area contributed by atoms with E-state index < -0.39 is 5.97 Å². The van der Waals surface area contributed by atoms with Crippen LogP contribution < -0.4 is 5.32 Å². The van der Waals surface area contributed by atoms with Crippen molar-refractivity contribution in [3.05, 3.63) is 11.4 Å². The van der Waals surface area contributed by atoms with Crippen molar-refractivity contribution in [1.82, 2.24) is 20.3 Å². The van der Waals surface area contributed by atoms with Crippen LogP contribution in [0.15, 0.2) is 0 Å². The third-order valence-electron chi connectivity index (χ3n) is 2.53. The number of ether oxygens (including phenoxy) is 1. The zero-order chi connectivity index (χ0) is 16.2. The van der Waals surface area contributed by atoms with Gasteiger partial charge in [0.1, 0.15) is 6.54 Å². The fourth-order valence-electron chi connectivity index (χ4n) is 1.60. The van der Waals surface area contributed by atoms with Crippen LogP contribution in [0.4, 0.5) is 0 Å².